The minimum absolute atomic E-state index is 0.543. The van der Waals surface area contributed by atoms with Crippen molar-refractivity contribution < 1.29 is 4.79 Å². The van der Waals surface area contributed by atoms with Crippen LogP contribution in [-0.4, -0.2) is 16.1 Å². The van der Waals surface area contributed by atoms with Crippen LogP contribution in [-0.2, 0) is 0 Å². The molecule has 3 aromatic rings. The predicted molar refractivity (Wildman–Crippen MR) is 89.8 cm³/mol. The lowest BCUT2D eigenvalue weighted by atomic mass is 10.1. The summed E-state index contributed by atoms with van der Waals surface area (Å²) in [7, 11) is 0. The number of aromatic nitrogens is 2. The third kappa shape index (κ3) is 2.71. The normalized spacial score (nSPS) is 10.6. The molecular weight excluding hydrogens is 396 g/mol. The van der Waals surface area contributed by atoms with E-state index in [1.807, 2.05) is 54.6 Å². The number of halogens is 2. The van der Waals surface area contributed by atoms with Crippen LogP contribution in [0.5, 0.6) is 0 Å². The molecular formula is C16H10Br2N2O. The fourth-order valence-electron chi connectivity index (χ4n) is 2.08. The van der Waals surface area contributed by atoms with Crippen molar-refractivity contribution in [2.45, 2.75) is 0 Å². The van der Waals surface area contributed by atoms with Gasteiger partial charge in [0.1, 0.15) is 10.3 Å². The predicted octanol–water partition coefficient (Wildman–Crippen LogP) is 4.88. The standard InChI is InChI=1S/C16H10Br2N2O/c17-12-8-6-11(7-9-12)15-14(10-21)16(18)20(19-15)13-4-2-1-3-5-13/h1-10H. The van der Waals surface area contributed by atoms with Crippen LogP contribution in [0.2, 0.25) is 0 Å². The van der Waals surface area contributed by atoms with E-state index in [-0.39, 0.29) is 0 Å². The second-order valence-corrected chi connectivity index (χ2v) is 6.09. The summed E-state index contributed by atoms with van der Waals surface area (Å²) in [5.74, 6) is 0. The van der Waals surface area contributed by atoms with E-state index in [2.05, 4.69) is 37.0 Å². The van der Waals surface area contributed by atoms with Gasteiger partial charge in [-0.2, -0.15) is 5.10 Å². The summed E-state index contributed by atoms with van der Waals surface area (Å²) in [5, 5.41) is 4.57. The molecule has 0 unspecified atom stereocenters. The van der Waals surface area contributed by atoms with Crippen molar-refractivity contribution in [1.82, 2.24) is 9.78 Å². The van der Waals surface area contributed by atoms with Gasteiger partial charge in [-0.3, -0.25) is 4.79 Å². The fraction of sp³-hybridized carbons (Fsp3) is 0. The van der Waals surface area contributed by atoms with Crippen molar-refractivity contribution in [1.29, 1.82) is 0 Å². The summed E-state index contributed by atoms with van der Waals surface area (Å²) in [6.45, 7) is 0. The van der Waals surface area contributed by atoms with Gasteiger partial charge in [-0.05, 0) is 40.2 Å². The summed E-state index contributed by atoms with van der Waals surface area (Å²) in [6, 6.07) is 17.4. The molecule has 0 saturated carbocycles. The second-order valence-electron chi connectivity index (χ2n) is 4.43. The molecule has 0 aliphatic heterocycles. The zero-order chi connectivity index (χ0) is 14.8. The maximum absolute atomic E-state index is 11.4. The Morgan fingerprint density at radius 1 is 0.952 bits per heavy atom. The first-order valence-electron chi connectivity index (χ1n) is 6.26. The van der Waals surface area contributed by atoms with E-state index in [0.29, 0.717) is 15.9 Å². The van der Waals surface area contributed by atoms with Gasteiger partial charge >= 0.3 is 0 Å². The number of para-hydroxylation sites is 1. The van der Waals surface area contributed by atoms with E-state index >= 15 is 0 Å². The van der Waals surface area contributed by atoms with Crippen LogP contribution in [0.1, 0.15) is 10.4 Å². The number of benzene rings is 2. The molecule has 0 aliphatic rings. The van der Waals surface area contributed by atoms with E-state index in [1.165, 1.54) is 0 Å². The largest absolute Gasteiger partial charge is 0.298 e. The summed E-state index contributed by atoms with van der Waals surface area (Å²) in [6.07, 6.45) is 0.827. The number of nitrogens with zero attached hydrogens (tertiary/aromatic N) is 2. The number of carbonyl (C=O) groups excluding carboxylic acids is 1. The van der Waals surface area contributed by atoms with E-state index in [4.69, 9.17) is 0 Å². The van der Waals surface area contributed by atoms with Gasteiger partial charge in [-0.25, -0.2) is 4.68 Å². The number of rotatable bonds is 3. The number of hydrogen-bond acceptors (Lipinski definition) is 2. The average molecular weight is 406 g/mol. The molecule has 3 rings (SSSR count). The van der Waals surface area contributed by atoms with Gasteiger partial charge in [0.15, 0.2) is 6.29 Å². The van der Waals surface area contributed by atoms with Crippen LogP contribution >= 0.6 is 31.9 Å². The molecule has 0 bridgehead atoms. The topological polar surface area (TPSA) is 34.9 Å². The number of hydrogen-bond donors (Lipinski definition) is 0. The lowest BCUT2D eigenvalue weighted by molar-refractivity contribution is 0.112. The van der Waals surface area contributed by atoms with Crippen molar-refractivity contribution in [3.63, 3.8) is 0 Å². The molecule has 2 aromatic carbocycles. The number of carbonyl (C=O) groups is 1. The van der Waals surface area contributed by atoms with Crippen molar-refractivity contribution in [3.8, 4) is 16.9 Å². The molecule has 1 aromatic heterocycles. The summed E-state index contributed by atoms with van der Waals surface area (Å²) < 4.78 is 3.36. The Morgan fingerprint density at radius 2 is 1.62 bits per heavy atom. The number of aldehydes is 1. The van der Waals surface area contributed by atoms with Crippen molar-refractivity contribution in [2.24, 2.45) is 0 Å². The highest BCUT2D eigenvalue weighted by molar-refractivity contribution is 9.10. The van der Waals surface area contributed by atoms with Gasteiger partial charge in [0.25, 0.3) is 0 Å². The molecule has 5 heteroatoms. The summed E-state index contributed by atoms with van der Waals surface area (Å²) in [5.41, 5.74) is 3.00. The summed E-state index contributed by atoms with van der Waals surface area (Å²) >= 11 is 6.88. The van der Waals surface area contributed by atoms with Crippen LogP contribution in [0.25, 0.3) is 16.9 Å². The molecule has 0 radical (unpaired) electrons. The van der Waals surface area contributed by atoms with E-state index in [0.717, 1.165) is 22.0 Å². The third-order valence-electron chi connectivity index (χ3n) is 3.10. The second kappa shape index (κ2) is 5.95. The molecule has 0 spiro atoms. The highest BCUT2D eigenvalue weighted by Crippen LogP contribution is 2.30. The zero-order valence-corrected chi connectivity index (χ0v) is 14.0. The van der Waals surface area contributed by atoms with Gasteiger partial charge < -0.3 is 0 Å². The molecule has 0 fully saturated rings. The Hall–Kier alpha value is -1.72. The van der Waals surface area contributed by atoms with Crippen molar-refractivity contribution in [2.75, 3.05) is 0 Å². The van der Waals surface area contributed by atoms with Crippen LogP contribution in [0.4, 0.5) is 0 Å². The third-order valence-corrected chi connectivity index (χ3v) is 4.39. The van der Waals surface area contributed by atoms with Gasteiger partial charge in [0.2, 0.25) is 0 Å². The molecule has 104 valence electrons. The Bertz CT molecular complexity index is 780. The minimum Gasteiger partial charge on any atom is -0.298 e. The SMILES string of the molecule is O=Cc1c(-c2ccc(Br)cc2)nn(-c2ccccc2)c1Br. The molecule has 0 N–H and O–H groups in total. The Morgan fingerprint density at radius 3 is 2.24 bits per heavy atom. The lowest BCUT2D eigenvalue weighted by Gasteiger charge is -2.02. The maximum atomic E-state index is 11.4. The van der Waals surface area contributed by atoms with Gasteiger partial charge in [0, 0.05) is 10.0 Å². The van der Waals surface area contributed by atoms with E-state index in [9.17, 15) is 4.79 Å². The highest BCUT2D eigenvalue weighted by Gasteiger charge is 2.17. The average Bonchev–Trinajstić information content (AvgIpc) is 2.85. The smallest absolute Gasteiger partial charge is 0.155 e. The Kier molecular flexibility index (Phi) is 4.03. The van der Waals surface area contributed by atoms with Crippen LogP contribution in [0.3, 0.4) is 0 Å². The molecule has 0 aliphatic carbocycles. The molecule has 0 saturated heterocycles. The molecule has 1 heterocycles. The fourth-order valence-corrected chi connectivity index (χ4v) is 2.90. The summed E-state index contributed by atoms with van der Waals surface area (Å²) in [4.78, 5) is 11.4. The molecule has 0 amide bonds. The quantitative estimate of drug-likeness (QED) is 0.582. The highest BCUT2D eigenvalue weighted by atomic mass is 79.9. The Balaban J connectivity index is 2.18. The van der Waals surface area contributed by atoms with Gasteiger partial charge in [-0.15, -0.1) is 0 Å². The van der Waals surface area contributed by atoms with Crippen LogP contribution < -0.4 is 0 Å². The minimum atomic E-state index is 0.543. The monoisotopic (exact) mass is 404 g/mol. The van der Waals surface area contributed by atoms with Gasteiger partial charge in [0.05, 0.1) is 11.3 Å². The lowest BCUT2D eigenvalue weighted by Crippen LogP contribution is -1.96. The van der Waals surface area contributed by atoms with Crippen LogP contribution in [0, 0.1) is 0 Å². The Labute approximate surface area is 138 Å². The first-order valence-corrected chi connectivity index (χ1v) is 7.84. The maximum Gasteiger partial charge on any atom is 0.155 e. The van der Waals surface area contributed by atoms with Crippen molar-refractivity contribution >= 4 is 38.1 Å². The molecule has 0 atom stereocenters. The van der Waals surface area contributed by atoms with Crippen molar-refractivity contribution in [3.05, 3.63) is 69.2 Å². The zero-order valence-electron chi connectivity index (χ0n) is 10.8. The van der Waals surface area contributed by atoms with Gasteiger partial charge in [-0.1, -0.05) is 46.3 Å². The van der Waals surface area contributed by atoms with E-state index < -0.39 is 0 Å². The van der Waals surface area contributed by atoms with E-state index in [1.54, 1.807) is 4.68 Å². The first-order chi connectivity index (χ1) is 10.2. The molecule has 3 nitrogen and oxygen atoms in total. The molecule has 21 heavy (non-hydrogen) atoms. The first kappa shape index (κ1) is 14.2. The van der Waals surface area contributed by atoms with Crippen LogP contribution in [0.15, 0.2) is 63.7 Å².